The van der Waals surface area contributed by atoms with Crippen molar-refractivity contribution in [2.75, 3.05) is 13.2 Å². The molecule has 12 nitrogen and oxygen atoms in total. The molecule has 2 heterocycles. The summed E-state index contributed by atoms with van der Waals surface area (Å²) >= 11 is 0. The number of nitrogens with one attached hydrogen (secondary N) is 2. The van der Waals surface area contributed by atoms with E-state index in [9.17, 15) is 14.4 Å². The van der Waals surface area contributed by atoms with Crippen molar-refractivity contribution in [2.45, 2.75) is 104 Å². The number of Topliss-reactive ketones (excluding diaryl/α,β-unsaturated/α-hetero) is 1. The van der Waals surface area contributed by atoms with Crippen LogP contribution in [-0.4, -0.2) is 61.0 Å². The molecule has 59 heavy (non-hydrogen) atoms. The van der Waals surface area contributed by atoms with Gasteiger partial charge < -0.3 is 14.8 Å². The van der Waals surface area contributed by atoms with Crippen molar-refractivity contribution >= 4 is 28.7 Å². The summed E-state index contributed by atoms with van der Waals surface area (Å²) in [6, 6.07) is 30.0. The quantitative estimate of drug-likeness (QED) is 0.0366. The number of aromatic amines is 1. The minimum absolute atomic E-state index is 0.105. The molecule has 1 unspecified atom stereocenters. The first-order valence-corrected chi connectivity index (χ1v) is 21.0. The van der Waals surface area contributed by atoms with Gasteiger partial charge in [0.05, 0.1) is 24.2 Å². The Hall–Kier alpha value is -6.17. The number of esters is 1. The predicted molar refractivity (Wildman–Crippen MR) is 229 cm³/mol. The molecule has 1 amide bonds. The number of fused-ring (bicyclic) bond motifs is 1. The largest absolute Gasteiger partial charge is 0.465 e. The fraction of sp³-hybridized carbons (Fsp3) is 0.383. The average Bonchev–Trinajstić information content (AvgIpc) is 3.92. The second kappa shape index (κ2) is 21.5. The highest BCUT2D eigenvalue weighted by Gasteiger charge is 2.22. The minimum Gasteiger partial charge on any atom is -0.465 e. The number of aromatic nitrogens is 6. The number of carbonyl (C=O) groups excluding carboxylic acids is 3. The lowest BCUT2D eigenvalue weighted by Gasteiger charge is -2.20. The number of tetrazole rings is 1. The second-order valence-corrected chi connectivity index (χ2v) is 14.8. The van der Waals surface area contributed by atoms with Crippen molar-refractivity contribution in [2.24, 2.45) is 0 Å². The zero-order chi connectivity index (χ0) is 41.4. The fourth-order valence-electron chi connectivity index (χ4n) is 7.50. The predicted octanol–water partition coefficient (Wildman–Crippen LogP) is 9.86. The van der Waals surface area contributed by atoms with Crippen LogP contribution in [0.2, 0.25) is 0 Å². The molecule has 0 saturated heterocycles. The standard InChI is InChI=1S/C47H55N7O5/c1-4-6-26-43(59-33(3)55)38-21-15-14-20-37(38)42(56)25-12-10-8-7-9-11-17-31-48-46(57)40-23-18-24-41-44(40)49-47(58-5-2)54(41)32-34-27-29-35(30-28-34)36-19-13-16-22-39(36)45-50-52-53-51-45/h13-16,18-24,27-30,43H,4-12,17,25-26,31-32H2,1-3H3,(H,48,57)(H,50,51,52,53). The summed E-state index contributed by atoms with van der Waals surface area (Å²) < 4.78 is 13.6. The molecular formula is C47H55N7O5. The number of amides is 1. The first-order valence-electron chi connectivity index (χ1n) is 21.0. The van der Waals surface area contributed by atoms with Crippen molar-refractivity contribution in [1.29, 1.82) is 0 Å². The highest BCUT2D eigenvalue weighted by molar-refractivity contribution is 6.05. The summed E-state index contributed by atoms with van der Waals surface area (Å²) in [4.78, 5) is 43.2. The molecule has 0 aliphatic heterocycles. The van der Waals surface area contributed by atoms with Gasteiger partial charge in [0, 0.05) is 36.6 Å². The number of benzene rings is 4. The van der Waals surface area contributed by atoms with Crippen molar-refractivity contribution in [1.82, 2.24) is 35.5 Å². The van der Waals surface area contributed by atoms with Crippen LogP contribution in [0.25, 0.3) is 33.5 Å². The van der Waals surface area contributed by atoms with Crippen molar-refractivity contribution in [3.8, 4) is 28.5 Å². The number of rotatable bonds is 23. The second-order valence-electron chi connectivity index (χ2n) is 14.8. The first-order chi connectivity index (χ1) is 28.9. The van der Waals surface area contributed by atoms with Crippen LogP contribution in [0.1, 0.15) is 129 Å². The number of imidazole rings is 1. The lowest BCUT2D eigenvalue weighted by atomic mass is 9.93. The van der Waals surface area contributed by atoms with Crippen LogP contribution in [0, 0.1) is 0 Å². The maximum atomic E-state index is 13.4. The van der Waals surface area contributed by atoms with E-state index in [1.807, 2.05) is 78.2 Å². The molecule has 0 radical (unpaired) electrons. The topological polar surface area (TPSA) is 154 Å². The molecule has 308 valence electrons. The van der Waals surface area contributed by atoms with E-state index in [4.69, 9.17) is 14.5 Å². The monoisotopic (exact) mass is 797 g/mol. The number of ketones is 1. The van der Waals surface area contributed by atoms with Gasteiger partial charge >= 0.3 is 5.97 Å². The molecule has 4 aromatic carbocycles. The Bertz CT molecular complexity index is 2280. The Kier molecular flexibility index (Phi) is 15.5. The van der Waals surface area contributed by atoms with Crippen molar-refractivity contribution < 1.29 is 23.9 Å². The van der Waals surface area contributed by atoms with Crippen molar-refractivity contribution in [3.05, 3.63) is 113 Å². The number of ether oxygens (including phenoxy) is 2. The molecule has 0 spiro atoms. The van der Waals surface area contributed by atoms with Gasteiger partial charge in [0.1, 0.15) is 11.6 Å². The van der Waals surface area contributed by atoms with Crippen LogP contribution in [0.3, 0.4) is 0 Å². The number of carbonyl (C=O) groups is 3. The van der Waals surface area contributed by atoms with E-state index < -0.39 is 0 Å². The lowest BCUT2D eigenvalue weighted by molar-refractivity contribution is -0.147. The van der Waals surface area contributed by atoms with E-state index in [1.54, 1.807) is 0 Å². The average molecular weight is 798 g/mol. The fourth-order valence-corrected chi connectivity index (χ4v) is 7.50. The smallest absolute Gasteiger partial charge is 0.303 e. The van der Waals surface area contributed by atoms with Crippen LogP contribution >= 0.6 is 0 Å². The van der Waals surface area contributed by atoms with Crippen LogP contribution in [0.15, 0.2) is 91.0 Å². The van der Waals surface area contributed by atoms with Gasteiger partial charge in [0.2, 0.25) is 5.82 Å². The maximum absolute atomic E-state index is 13.4. The molecule has 0 fully saturated rings. The zero-order valence-electron chi connectivity index (χ0n) is 34.4. The van der Waals surface area contributed by atoms with Gasteiger partial charge in [-0.1, -0.05) is 124 Å². The van der Waals surface area contributed by atoms with Crippen LogP contribution < -0.4 is 10.1 Å². The normalized spacial score (nSPS) is 11.7. The highest BCUT2D eigenvalue weighted by Crippen LogP contribution is 2.32. The molecule has 0 aliphatic carbocycles. The molecule has 0 bridgehead atoms. The van der Waals surface area contributed by atoms with Gasteiger partial charge in [-0.15, -0.1) is 10.2 Å². The van der Waals surface area contributed by atoms with Crippen LogP contribution in [-0.2, 0) is 16.1 Å². The Morgan fingerprint density at radius 1 is 0.780 bits per heavy atom. The molecule has 12 heteroatoms. The minimum atomic E-state index is -0.389. The van der Waals surface area contributed by atoms with Crippen LogP contribution in [0.4, 0.5) is 0 Å². The first kappa shape index (κ1) is 42.4. The maximum Gasteiger partial charge on any atom is 0.303 e. The number of hydrogen-bond donors (Lipinski definition) is 2. The van der Waals surface area contributed by atoms with E-state index in [2.05, 4.69) is 57.1 Å². The number of hydrogen-bond acceptors (Lipinski definition) is 9. The Morgan fingerprint density at radius 3 is 2.22 bits per heavy atom. The number of H-pyrrole nitrogens is 1. The lowest BCUT2D eigenvalue weighted by Crippen LogP contribution is -2.24. The summed E-state index contributed by atoms with van der Waals surface area (Å²) in [7, 11) is 0. The molecule has 2 N–H and O–H groups in total. The summed E-state index contributed by atoms with van der Waals surface area (Å²) in [6.07, 6.45) is 9.62. The molecule has 6 aromatic rings. The molecular weight excluding hydrogens is 743 g/mol. The van der Waals surface area contributed by atoms with Gasteiger partial charge in [0.25, 0.3) is 11.9 Å². The summed E-state index contributed by atoms with van der Waals surface area (Å²) in [5, 5.41) is 17.7. The van der Waals surface area contributed by atoms with Gasteiger partial charge in [-0.3, -0.25) is 19.0 Å². The van der Waals surface area contributed by atoms with E-state index in [0.717, 1.165) is 91.1 Å². The van der Waals surface area contributed by atoms with Gasteiger partial charge in [-0.05, 0) is 66.6 Å². The highest BCUT2D eigenvalue weighted by atomic mass is 16.5. The van der Waals surface area contributed by atoms with E-state index in [1.165, 1.54) is 6.92 Å². The van der Waals surface area contributed by atoms with E-state index in [-0.39, 0.29) is 23.8 Å². The summed E-state index contributed by atoms with van der Waals surface area (Å²) in [5.41, 5.74) is 7.44. The Morgan fingerprint density at radius 2 is 1.49 bits per heavy atom. The third-order valence-corrected chi connectivity index (χ3v) is 10.5. The molecule has 6 rings (SSSR count). The van der Waals surface area contributed by atoms with Gasteiger partial charge in [0.15, 0.2) is 5.78 Å². The number of nitrogens with zero attached hydrogens (tertiary/aromatic N) is 5. The number of unbranched alkanes of at least 4 members (excludes halogenated alkanes) is 7. The molecule has 2 aromatic heterocycles. The van der Waals surface area contributed by atoms with E-state index >= 15 is 0 Å². The summed E-state index contributed by atoms with van der Waals surface area (Å²) in [6.45, 7) is 6.99. The molecule has 0 aliphatic rings. The van der Waals surface area contributed by atoms with E-state index in [0.29, 0.717) is 61.0 Å². The SMILES string of the molecule is CCCCC(OC(C)=O)c1ccccc1C(=O)CCCCCCCCCNC(=O)c1cccc2c1nc(OCC)n2Cc1ccc(-c2ccccc2-c2nn[nH]n2)cc1. The third kappa shape index (κ3) is 11.3. The zero-order valence-corrected chi connectivity index (χ0v) is 34.4. The Balaban J connectivity index is 0.957. The van der Waals surface area contributed by atoms with Crippen LogP contribution in [0.5, 0.6) is 6.01 Å². The van der Waals surface area contributed by atoms with Gasteiger partial charge in [-0.2, -0.15) is 10.2 Å². The van der Waals surface area contributed by atoms with Crippen molar-refractivity contribution in [3.63, 3.8) is 0 Å². The summed E-state index contributed by atoms with van der Waals surface area (Å²) in [5.74, 6) is 0.168. The third-order valence-electron chi connectivity index (χ3n) is 10.5. The Labute approximate surface area is 346 Å². The number of para-hydroxylation sites is 1. The molecule has 1 atom stereocenters. The van der Waals surface area contributed by atoms with Gasteiger partial charge in [-0.25, -0.2) is 0 Å². The molecule has 0 saturated carbocycles.